The van der Waals surface area contributed by atoms with Gasteiger partial charge < -0.3 is 9.53 Å². The number of hydrogen-bond donors (Lipinski definition) is 0. The molecule has 0 N–H and O–H groups in total. The summed E-state index contributed by atoms with van der Waals surface area (Å²) in [5.74, 6) is 0.431. The summed E-state index contributed by atoms with van der Waals surface area (Å²) in [7, 11) is -3.29. The van der Waals surface area contributed by atoms with Crippen LogP contribution in [0.4, 0.5) is 0 Å². The lowest BCUT2D eigenvalue weighted by Crippen LogP contribution is -2.41. The van der Waals surface area contributed by atoms with Gasteiger partial charge in [0.2, 0.25) is 5.88 Å². The minimum absolute atomic E-state index is 0.0867. The van der Waals surface area contributed by atoms with Crippen molar-refractivity contribution in [3.05, 3.63) is 65.8 Å². The van der Waals surface area contributed by atoms with Crippen molar-refractivity contribution in [1.82, 2.24) is 29.6 Å². The molecule has 4 aromatic rings. The number of hydrogen-bond acceptors (Lipinski definition) is 9. The Bertz CT molecular complexity index is 1500. The average molecular weight is 527 g/mol. The van der Waals surface area contributed by atoms with Gasteiger partial charge in [-0.15, -0.1) is 0 Å². The van der Waals surface area contributed by atoms with Crippen LogP contribution >= 0.6 is 11.6 Å². The molecule has 1 saturated heterocycles. The highest BCUT2D eigenvalue weighted by atomic mass is 35.5. The number of carbonyl (C=O) groups excluding carboxylic acids is 1. The number of benzene rings is 1. The summed E-state index contributed by atoms with van der Waals surface area (Å²) in [5.41, 5.74) is 1.86. The maximum atomic E-state index is 11.8. The lowest BCUT2D eigenvalue weighted by molar-refractivity contribution is -0.113. The van der Waals surface area contributed by atoms with Gasteiger partial charge in [0, 0.05) is 19.3 Å². The maximum absolute atomic E-state index is 11.8. The third-order valence-electron chi connectivity index (χ3n) is 6.16. The van der Waals surface area contributed by atoms with Crippen molar-refractivity contribution >= 4 is 38.8 Å². The summed E-state index contributed by atoms with van der Waals surface area (Å²) in [5, 5.41) is 5.43. The number of aldehydes is 1. The Morgan fingerprint density at radius 3 is 2.53 bits per heavy atom. The molecule has 10 nitrogen and oxygen atoms in total. The maximum Gasteiger partial charge on any atom is 0.228 e. The van der Waals surface area contributed by atoms with E-state index in [4.69, 9.17) is 16.3 Å². The van der Waals surface area contributed by atoms with Crippen molar-refractivity contribution in [3.8, 4) is 11.6 Å². The van der Waals surface area contributed by atoms with Crippen LogP contribution in [0.3, 0.4) is 0 Å². The van der Waals surface area contributed by atoms with E-state index in [0.29, 0.717) is 59.4 Å². The lowest BCUT2D eigenvalue weighted by Gasteiger charge is -2.34. The normalized spacial score (nSPS) is 16.2. The second-order valence-electron chi connectivity index (χ2n) is 8.56. The highest BCUT2D eigenvalue weighted by Gasteiger charge is 2.28. The van der Waals surface area contributed by atoms with E-state index < -0.39 is 15.9 Å². The van der Waals surface area contributed by atoms with Gasteiger partial charge in [0.1, 0.15) is 35.3 Å². The molecule has 0 amide bonds. The van der Waals surface area contributed by atoms with E-state index in [2.05, 4.69) is 25.0 Å². The fourth-order valence-corrected chi connectivity index (χ4v) is 5.10. The van der Waals surface area contributed by atoms with Crippen LogP contribution < -0.4 is 4.74 Å². The van der Waals surface area contributed by atoms with Crippen molar-refractivity contribution < 1.29 is 17.9 Å². The Balaban J connectivity index is 1.30. The smallest absolute Gasteiger partial charge is 0.228 e. The minimum Gasteiger partial charge on any atom is -0.474 e. The van der Waals surface area contributed by atoms with Crippen molar-refractivity contribution in [2.75, 3.05) is 19.3 Å². The molecule has 5 rings (SSSR count). The molecular formula is C24H23ClN6O4S. The quantitative estimate of drug-likeness (QED) is 0.264. The van der Waals surface area contributed by atoms with Crippen LogP contribution in [-0.2, 0) is 14.6 Å². The van der Waals surface area contributed by atoms with Crippen molar-refractivity contribution in [2.24, 2.45) is 0 Å². The number of rotatable bonds is 7. The van der Waals surface area contributed by atoms with Crippen LogP contribution in [-0.4, -0.2) is 69.8 Å². The number of likely N-dealkylation sites (tertiary alicyclic amines) is 1. The summed E-state index contributed by atoms with van der Waals surface area (Å²) in [6, 6.07) is 11.3. The molecule has 0 saturated carbocycles. The molecule has 1 unspecified atom stereocenters. The molecule has 186 valence electrons. The molecule has 3 aromatic heterocycles. The molecule has 0 bridgehead atoms. The van der Waals surface area contributed by atoms with Crippen molar-refractivity contribution in [1.29, 1.82) is 0 Å². The number of aromatic nitrogens is 5. The van der Waals surface area contributed by atoms with Gasteiger partial charge in [-0.2, -0.15) is 5.10 Å². The average Bonchev–Trinajstić information content (AvgIpc) is 3.30. The third-order valence-corrected chi connectivity index (χ3v) is 7.49. The predicted molar refractivity (Wildman–Crippen MR) is 133 cm³/mol. The molecule has 1 aliphatic rings. The zero-order valence-electron chi connectivity index (χ0n) is 19.4. The monoisotopic (exact) mass is 526 g/mol. The molecule has 0 spiro atoms. The Labute approximate surface area is 212 Å². The first-order valence-electron chi connectivity index (χ1n) is 11.3. The molecular weight excluding hydrogens is 504 g/mol. The Hall–Kier alpha value is -3.41. The number of piperidine rings is 1. The number of nitrogens with zero attached hydrogens (tertiary/aromatic N) is 6. The first kappa shape index (κ1) is 24.3. The number of carbonyl (C=O) groups is 1. The number of ether oxygens (including phenoxy) is 1. The van der Waals surface area contributed by atoms with Crippen LogP contribution in [0.2, 0.25) is 5.15 Å². The highest BCUT2D eigenvalue weighted by Crippen LogP contribution is 2.28. The Kier molecular flexibility index (Phi) is 6.69. The van der Waals surface area contributed by atoms with Crippen molar-refractivity contribution in [3.63, 3.8) is 0 Å². The summed E-state index contributed by atoms with van der Waals surface area (Å²) in [6.07, 6.45) is 6.44. The van der Waals surface area contributed by atoms with Gasteiger partial charge in [-0.25, -0.2) is 28.1 Å². The topological polar surface area (TPSA) is 120 Å². The van der Waals surface area contributed by atoms with Crippen LogP contribution in [0, 0.1) is 0 Å². The molecule has 1 aromatic carbocycles. The summed E-state index contributed by atoms with van der Waals surface area (Å²) < 4.78 is 31.3. The number of halogens is 1. The van der Waals surface area contributed by atoms with E-state index in [1.807, 2.05) is 0 Å². The predicted octanol–water partition coefficient (Wildman–Crippen LogP) is 3.05. The highest BCUT2D eigenvalue weighted by molar-refractivity contribution is 7.90. The molecule has 0 radical (unpaired) electrons. The van der Waals surface area contributed by atoms with Gasteiger partial charge in [-0.1, -0.05) is 17.7 Å². The molecule has 1 aliphatic heterocycles. The van der Waals surface area contributed by atoms with Gasteiger partial charge in [-0.3, -0.25) is 4.90 Å². The van der Waals surface area contributed by atoms with Crippen LogP contribution in [0.15, 0.2) is 59.9 Å². The molecule has 4 heterocycles. The third kappa shape index (κ3) is 4.95. The zero-order valence-corrected chi connectivity index (χ0v) is 20.9. The fraction of sp³-hybridized carbons (Fsp3) is 0.292. The number of fused-ring (bicyclic) bond motifs is 1. The number of sulfone groups is 1. The lowest BCUT2D eigenvalue weighted by atomic mass is 10.0. The molecule has 36 heavy (non-hydrogen) atoms. The largest absolute Gasteiger partial charge is 0.474 e. The summed E-state index contributed by atoms with van der Waals surface area (Å²) in [4.78, 5) is 27.1. The Morgan fingerprint density at radius 1 is 1.11 bits per heavy atom. The van der Waals surface area contributed by atoms with Crippen LogP contribution in [0.25, 0.3) is 16.7 Å². The Morgan fingerprint density at radius 2 is 1.86 bits per heavy atom. The zero-order chi connectivity index (χ0) is 25.3. The molecule has 1 atom stereocenters. The number of pyridine rings is 1. The molecule has 1 fully saturated rings. The molecule has 0 aliphatic carbocycles. The van der Waals surface area contributed by atoms with Crippen molar-refractivity contribution in [2.45, 2.75) is 29.9 Å². The SMILES string of the molecule is CS(=O)(=O)c1ccc(-n2ncc3c(OC4CCN(C(C=O)c5cccc(Cl)n5)CC4)ncnc32)cc1. The van der Waals surface area contributed by atoms with E-state index in [9.17, 15) is 13.2 Å². The fourth-order valence-electron chi connectivity index (χ4n) is 4.30. The second-order valence-corrected chi connectivity index (χ2v) is 11.0. The second kappa shape index (κ2) is 9.92. The van der Waals surface area contributed by atoms with E-state index in [-0.39, 0.29) is 11.0 Å². The standard InChI is InChI=1S/C24H23ClN6O4S/c1-36(33,34)18-7-5-16(6-8-18)31-23-19(13-28-31)24(27-15-26-23)35-17-9-11-30(12-10-17)21(14-32)20-3-2-4-22(25)29-20/h2-8,13-15,17,21H,9-12H2,1H3. The van der Waals surface area contributed by atoms with Gasteiger partial charge >= 0.3 is 0 Å². The van der Waals surface area contributed by atoms with Gasteiger partial charge in [-0.05, 0) is 49.2 Å². The van der Waals surface area contributed by atoms with Gasteiger partial charge in [0.05, 0.1) is 22.5 Å². The van der Waals surface area contributed by atoms with E-state index in [1.54, 1.807) is 41.2 Å². The van der Waals surface area contributed by atoms with Gasteiger partial charge in [0.15, 0.2) is 15.5 Å². The first-order valence-corrected chi connectivity index (χ1v) is 13.6. The van der Waals surface area contributed by atoms with Crippen LogP contribution in [0.5, 0.6) is 5.88 Å². The van der Waals surface area contributed by atoms with E-state index in [1.165, 1.54) is 24.7 Å². The first-order chi connectivity index (χ1) is 17.3. The summed E-state index contributed by atoms with van der Waals surface area (Å²) >= 11 is 6.00. The van der Waals surface area contributed by atoms with Crippen LogP contribution in [0.1, 0.15) is 24.6 Å². The summed E-state index contributed by atoms with van der Waals surface area (Å²) in [6.45, 7) is 1.31. The van der Waals surface area contributed by atoms with E-state index >= 15 is 0 Å². The van der Waals surface area contributed by atoms with E-state index in [0.717, 1.165) is 6.29 Å². The van der Waals surface area contributed by atoms with Gasteiger partial charge in [0.25, 0.3) is 0 Å². The minimum atomic E-state index is -3.29. The molecule has 12 heteroatoms.